The van der Waals surface area contributed by atoms with E-state index in [1.807, 2.05) is 0 Å². The van der Waals surface area contributed by atoms with E-state index in [0.29, 0.717) is 6.42 Å². The lowest BCUT2D eigenvalue weighted by Crippen LogP contribution is -2.35. The average Bonchev–Trinajstić information content (AvgIpc) is 2.85. The van der Waals surface area contributed by atoms with Crippen LogP contribution in [0.3, 0.4) is 0 Å². The Morgan fingerprint density at radius 2 is 2.26 bits per heavy atom. The number of aliphatic carboxylic acids is 1. The molecule has 9 nitrogen and oxygen atoms in total. The fourth-order valence-electron chi connectivity index (χ4n) is 1.79. The van der Waals surface area contributed by atoms with E-state index in [0.717, 1.165) is 4.68 Å². The number of nitrogens with zero attached hydrogens (tertiary/aromatic N) is 3. The van der Waals surface area contributed by atoms with Gasteiger partial charge < -0.3 is 10.4 Å². The third kappa shape index (κ3) is 3.50. The van der Waals surface area contributed by atoms with Gasteiger partial charge in [-0.2, -0.15) is 0 Å². The zero-order valence-corrected chi connectivity index (χ0v) is 10.6. The van der Waals surface area contributed by atoms with Crippen molar-refractivity contribution in [1.29, 1.82) is 0 Å². The highest BCUT2D eigenvalue weighted by molar-refractivity contribution is 7.91. The first kappa shape index (κ1) is 13.5. The summed E-state index contributed by atoms with van der Waals surface area (Å²) in [7, 11) is -3.07. The lowest BCUT2D eigenvalue weighted by Gasteiger charge is -2.08. The highest BCUT2D eigenvalue weighted by atomic mass is 32.2. The maximum Gasteiger partial charge on any atom is 0.325 e. The van der Waals surface area contributed by atoms with Gasteiger partial charge in [0, 0.05) is 6.04 Å². The van der Waals surface area contributed by atoms with Crippen molar-refractivity contribution in [2.75, 3.05) is 11.5 Å². The van der Waals surface area contributed by atoms with E-state index >= 15 is 0 Å². The maximum atomic E-state index is 11.7. The monoisotopic (exact) mass is 288 g/mol. The molecule has 1 amide bonds. The van der Waals surface area contributed by atoms with Gasteiger partial charge in [0.25, 0.3) is 5.91 Å². The van der Waals surface area contributed by atoms with E-state index < -0.39 is 34.3 Å². The Morgan fingerprint density at radius 3 is 2.84 bits per heavy atom. The van der Waals surface area contributed by atoms with Crippen molar-refractivity contribution in [3.8, 4) is 0 Å². The minimum absolute atomic E-state index is 0.0365. The van der Waals surface area contributed by atoms with Crippen LogP contribution in [0.1, 0.15) is 16.9 Å². The molecule has 1 aromatic rings. The van der Waals surface area contributed by atoms with Crippen LogP contribution in [0.25, 0.3) is 0 Å². The molecular weight excluding hydrogens is 276 g/mol. The van der Waals surface area contributed by atoms with Crippen molar-refractivity contribution >= 4 is 21.7 Å². The van der Waals surface area contributed by atoms with Gasteiger partial charge in [-0.3, -0.25) is 9.59 Å². The van der Waals surface area contributed by atoms with Crippen molar-refractivity contribution in [1.82, 2.24) is 20.3 Å². The Hall–Kier alpha value is -1.97. The number of carbonyl (C=O) groups is 2. The molecule has 19 heavy (non-hydrogen) atoms. The lowest BCUT2D eigenvalue weighted by atomic mass is 10.2. The summed E-state index contributed by atoms with van der Waals surface area (Å²) in [5, 5.41) is 18.1. The SMILES string of the molecule is O=C(O)Cn1cc(C(=O)NC2CCS(=O)(=O)C2)nn1. The van der Waals surface area contributed by atoms with Gasteiger partial charge in [-0.05, 0) is 6.42 Å². The number of aromatic nitrogens is 3. The topological polar surface area (TPSA) is 131 Å². The van der Waals surface area contributed by atoms with Crippen molar-refractivity contribution in [3.05, 3.63) is 11.9 Å². The molecule has 2 heterocycles. The number of carboxylic acids is 1. The molecule has 1 aliphatic heterocycles. The van der Waals surface area contributed by atoms with Gasteiger partial charge in [-0.25, -0.2) is 13.1 Å². The molecule has 2 N–H and O–H groups in total. The predicted octanol–water partition coefficient (Wildman–Crippen LogP) is -1.72. The van der Waals surface area contributed by atoms with Crippen molar-refractivity contribution in [2.45, 2.75) is 19.0 Å². The average molecular weight is 288 g/mol. The second-order valence-electron chi connectivity index (χ2n) is 4.27. The molecule has 1 aromatic heterocycles. The van der Waals surface area contributed by atoms with Crippen LogP contribution in [0, 0.1) is 0 Å². The first-order valence-electron chi connectivity index (χ1n) is 5.49. The molecule has 10 heteroatoms. The Bertz CT molecular complexity index is 608. The number of nitrogens with one attached hydrogen (secondary N) is 1. The second-order valence-corrected chi connectivity index (χ2v) is 6.50. The molecule has 1 aliphatic rings. The van der Waals surface area contributed by atoms with Crippen molar-refractivity contribution in [2.24, 2.45) is 0 Å². The summed E-state index contributed by atoms with van der Waals surface area (Å²) in [6.45, 7) is -0.391. The highest BCUT2D eigenvalue weighted by Crippen LogP contribution is 2.11. The molecule has 2 rings (SSSR count). The Balaban J connectivity index is 1.97. The van der Waals surface area contributed by atoms with E-state index in [4.69, 9.17) is 5.11 Å². The first-order chi connectivity index (χ1) is 8.85. The minimum atomic E-state index is -3.07. The molecular formula is C9H12N4O5S. The Labute approximate surface area is 108 Å². The van der Waals surface area contributed by atoms with E-state index in [1.54, 1.807) is 0 Å². The van der Waals surface area contributed by atoms with Gasteiger partial charge in [-0.15, -0.1) is 5.10 Å². The van der Waals surface area contributed by atoms with Gasteiger partial charge in [0.2, 0.25) is 0 Å². The standard InChI is InChI=1S/C9H12N4O5S/c14-8(15)4-13-3-7(11-12-13)9(16)10-6-1-2-19(17,18)5-6/h3,6H,1-2,4-5H2,(H,10,16)(H,14,15). The van der Waals surface area contributed by atoms with E-state index in [9.17, 15) is 18.0 Å². The smallest absolute Gasteiger partial charge is 0.325 e. The molecule has 0 bridgehead atoms. The van der Waals surface area contributed by atoms with Gasteiger partial charge >= 0.3 is 5.97 Å². The summed E-state index contributed by atoms with van der Waals surface area (Å²) in [4.78, 5) is 22.2. The number of hydrogen-bond donors (Lipinski definition) is 2. The fraction of sp³-hybridized carbons (Fsp3) is 0.556. The molecule has 0 saturated carbocycles. The molecule has 1 fully saturated rings. The van der Waals surface area contributed by atoms with E-state index in [-0.39, 0.29) is 17.2 Å². The van der Waals surface area contributed by atoms with Crippen molar-refractivity contribution < 1.29 is 23.1 Å². The lowest BCUT2D eigenvalue weighted by molar-refractivity contribution is -0.137. The molecule has 0 aliphatic carbocycles. The third-order valence-electron chi connectivity index (χ3n) is 2.64. The highest BCUT2D eigenvalue weighted by Gasteiger charge is 2.29. The number of carbonyl (C=O) groups excluding carboxylic acids is 1. The summed E-state index contributed by atoms with van der Waals surface area (Å²) in [5.74, 6) is -1.68. The summed E-state index contributed by atoms with van der Waals surface area (Å²) in [6.07, 6.45) is 1.57. The molecule has 0 aromatic carbocycles. The zero-order valence-electron chi connectivity index (χ0n) is 9.81. The summed E-state index contributed by atoms with van der Waals surface area (Å²) >= 11 is 0. The number of amides is 1. The largest absolute Gasteiger partial charge is 0.480 e. The Morgan fingerprint density at radius 1 is 1.53 bits per heavy atom. The van der Waals surface area contributed by atoms with Gasteiger partial charge in [-0.1, -0.05) is 5.21 Å². The fourth-order valence-corrected chi connectivity index (χ4v) is 3.46. The third-order valence-corrected chi connectivity index (χ3v) is 4.40. The normalized spacial score (nSPS) is 21.2. The van der Waals surface area contributed by atoms with Crippen LogP contribution in [-0.4, -0.2) is 57.9 Å². The van der Waals surface area contributed by atoms with Crippen LogP contribution in [0.15, 0.2) is 6.20 Å². The van der Waals surface area contributed by atoms with Crippen LogP contribution < -0.4 is 5.32 Å². The Kier molecular flexibility index (Phi) is 3.51. The van der Waals surface area contributed by atoms with Gasteiger partial charge in [0.05, 0.1) is 17.7 Å². The predicted molar refractivity (Wildman–Crippen MR) is 62.2 cm³/mol. The molecule has 1 unspecified atom stereocenters. The molecule has 104 valence electrons. The van der Waals surface area contributed by atoms with Gasteiger partial charge in [0.15, 0.2) is 15.5 Å². The van der Waals surface area contributed by atoms with E-state index in [1.165, 1.54) is 6.20 Å². The van der Waals surface area contributed by atoms with Gasteiger partial charge in [0.1, 0.15) is 6.54 Å². The van der Waals surface area contributed by atoms with Crippen LogP contribution >= 0.6 is 0 Å². The van der Waals surface area contributed by atoms with Crippen LogP contribution in [0.4, 0.5) is 0 Å². The van der Waals surface area contributed by atoms with Crippen LogP contribution in [0.5, 0.6) is 0 Å². The molecule has 1 atom stereocenters. The van der Waals surface area contributed by atoms with Crippen LogP contribution in [-0.2, 0) is 21.2 Å². The summed E-state index contributed by atoms with van der Waals surface area (Å²) in [5.41, 5.74) is -0.0365. The number of sulfone groups is 1. The molecule has 1 saturated heterocycles. The summed E-state index contributed by atoms with van der Waals surface area (Å²) in [6, 6.07) is -0.429. The van der Waals surface area contributed by atoms with E-state index in [2.05, 4.69) is 15.6 Å². The molecule has 0 spiro atoms. The quantitative estimate of drug-likeness (QED) is 0.673. The van der Waals surface area contributed by atoms with Crippen LogP contribution in [0.2, 0.25) is 0 Å². The summed E-state index contributed by atoms with van der Waals surface area (Å²) < 4.78 is 23.5. The molecule has 0 radical (unpaired) electrons. The zero-order chi connectivity index (χ0) is 14.0. The number of hydrogen-bond acceptors (Lipinski definition) is 6. The maximum absolute atomic E-state index is 11.7. The number of rotatable bonds is 4. The number of carboxylic acid groups (broad SMARTS) is 1. The van der Waals surface area contributed by atoms with Crippen molar-refractivity contribution in [3.63, 3.8) is 0 Å². The first-order valence-corrected chi connectivity index (χ1v) is 7.31. The minimum Gasteiger partial charge on any atom is -0.480 e. The second kappa shape index (κ2) is 4.96.